The van der Waals surface area contributed by atoms with Crippen molar-refractivity contribution in [2.24, 2.45) is 0 Å². The molecular formula is C23H24FN3O2S2. The first-order valence-corrected chi connectivity index (χ1v) is 11.8. The van der Waals surface area contributed by atoms with Crippen LogP contribution in [0.15, 0.2) is 58.8 Å². The van der Waals surface area contributed by atoms with Crippen LogP contribution in [0.5, 0.6) is 0 Å². The SMILES string of the molecule is CC(=O)NCCCc1ccc(-c2csc(NC(=O)CCSc3ccccc3F)n2)cc1. The van der Waals surface area contributed by atoms with Crippen molar-refractivity contribution < 1.29 is 14.0 Å². The maximum Gasteiger partial charge on any atom is 0.226 e. The van der Waals surface area contributed by atoms with Crippen molar-refractivity contribution in [3.05, 3.63) is 65.3 Å². The summed E-state index contributed by atoms with van der Waals surface area (Å²) in [6.45, 7) is 2.19. The predicted octanol–water partition coefficient (Wildman–Crippen LogP) is 5.14. The van der Waals surface area contributed by atoms with E-state index in [1.807, 2.05) is 17.5 Å². The topological polar surface area (TPSA) is 71.1 Å². The van der Waals surface area contributed by atoms with Crippen LogP contribution in [0.1, 0.15) is 25.3 Å². The van der Waals surface area contributed by atoms with E-state index in [0.29, 0.717) is 22.3 Å². The third-order valence-electron chi connectivity index (χ3n) is 4.44. The standard InChI is InChI=1S/C23H24FN3O2S2/c1-16(28)25-13-4-5-17-8-10-18(11-9-17)20-15-31-23(26-20)27-22(29)12-14-30-21-7-3-2-6-19(21)24/h2-3,6-11,15H,4-5,12-14H2,1H3,(H,25,28)(H,26,27,29). The van der Waals surface area contributed by atoms with Crippen LogP contribution in [0.3, 0.4) is 0 Å². The summed E-state index contributed by atoms with van der Waals surface area (Å²) in [4.78, 5) is 28.1. The Bertz CT molecular complexity index is 1020. The van der Waals surface area contributed by atoms with Crippen molar-refractivity contribution in [1.29, 1.82) is 0 Å². The number of carbonyl (C=O) groups is 2. The van der Waals surface area contributed by atoms with Gasteiger partial charge in [-0.3, -0.25) is 9.59 Å². The van der Waals surface area contributed by atoms with Gasteiger partial charge in [0.2, 0.25) is 11.8 Å². The summed E-state index contributed by atoms with van der Waals surface area (Å²) in [6, 6.07) is 14.7. The molecule has 0 spiro atoms. The lowest BCUT2D eigenvalue weighted by atomic mass is 10.1. The Kier molecular flexibility index (Phi) is 8.61. The van der Waals surface area contributed by atoms with E-state index in [9.17, 15) is 14.0 Å². The third-order valence-corrected chi connectivity index (χ3v) is 6.25. The maximum atomic E-state index is 13.6. The Labute approximate surface area is 189 Å². The second-order valence-electron chi connectivity index (χ2n) is 6.90. The number of thiazole rings is 1. The molecule has 31 heavy (non-hydrogen) atoms. The second-order valence-corrected chi connectivity index (χ2v) is 8.89. The van der Waals surface area contributed by atoms with Gasteiger partial charge in [0.25, 0.3) is 0 Å². The number of nitrogens with one attached hydrogen (secondary N) is 2. The lowest BCUT2D eigenvalue weighted by molar-refractivity contribution is -0.119. The molecule has 3 rings (SSSR count). The minimum Gasteiger partial charge on any atom is -0.356 e. The van der Waals surface area contributed by atoms with Gasteiger partial charge in [-0.15, -0.1) is 23.1 Å². The van der Waals surface area contributed by atoms with Crippen LogP contribution >= 0.6 is 23.1 Å². The zero-order chi connectivity index (χ0) is 22.1. The normalized spacial score (nSPS) is 10.6. The molecule has 2 aromatic carbocycles. The molecule has 2 amide bonds. The summed E-state index contributed by atoms with van der Waals surface area (Å²) in [5, 5.41) is 8.07. The molecule has 8 heteroatoms. The summed E-state index contributed by atoms with van der Waals surface area (Å²) in [5.41, 5.74) is 2.99. The monoisotopic (exact) mass is 457 g/mol. The molecule has 5 nitrogen and oxygen atoms in total. The zero-order valence-electron chi connectivity index (χ0n) is 17.2. The lowest BCUT2D eigenvalue weighted by Crippen LogP contribution is -2.21. The Balaban J connectivity index is 1.45. The molecule has 0 aliphatic rings. The summed E-state index contributed by atoms with van der Waals surface area (Å²) < 4.78 is 13.6. The lowest BCUT2D eigenvalue weighted by Gasteiger charge is -2.04. The number of aromatic nitrogens is 1. The number of hydrogen-bond donors (Lipinski definition) is 2. The van der Waals surface area contributed by atoms with E-state index in [-0.39, 0.29) is 24.1 Å². The van der Waals surface area contributed by atoms with Crippen molar-refractivity contribution in [3.63, 3.8) is 0 Å². The fraction of sp³-hybridized carbons (Fsp3) is 0.261. The Morgan fingerprint density at radius 3 is 2.65 bits per heavy atom. The number of carbonyl (C=O) groups excluding carboxylic acids is 2. The van der Waals surface area contributed by atoms with E-state index in [1.54, 1.807) is 18.2 Å². The molecule has 0 fully saturated rings. The van der Waals surface area contributed by atoms with Gasteiger partial charge in [-0.25, -0.2) is 9.37 Å². The minimum absolute atomic E-state index is 0.00868. The van der Waals surface area contributed by atoms with E-state index in [2.05, 4.69) is 27.8 Å². The van der Waals surface area contributed by atoms with Gasteiger partial charge in [0.15, 0.2) is 5.13 Å². The highest BCUT2D eigenvalue weighted by atomic mass is 32.2. The van der Waals surface area contributed by atoms with Crippen LogP contribution in [-0.2, 0) is 16.0 Å². The molecule has 0 saturated heterocycles. The number of rotatable bonds is 10. The van der Waals surface area contributed by atoms with Crippen molar-refractivity contribution in [3.8, 4) is 11.3 Å². The van der Waals surface area contributed by atoms with Crippen molar-refractivity contribution in [1.82, 2.24) is 10.3 Å². The van der Waals surface area contributed by atoms with Gasteiger partial charge in [0.05, 0.1) is 5.69 Å². The average molecular weight is 458 g/mol. The van der Waals surface area contributed by atoms with E-state index >= 15 is 0 Å². The first kappa shape index (κ1) is 23.0. The highest BCUT2D eigenvalue weighted by Crippen LogP contribution is 2.26. The summed E-state index contributed by atoms with van der Waals surface area (Å²) in [7, 11) is 0. The Morgan fingerprint density at radius 2 is 1.90 bits per heavy atom. The molecule has 0 bridgehead atoms. The molecule has 0 radical (unpaired) electrons. The van der Waals surface area contributed by atoms with Crippen molar-refractivity contribution >= 4 is 40.0 Å². The fourth-order valence-electron chi connectivity index (χ4n) is 2.86. The third kappa shape index (κ3) is 7.48. The second kappa shape index (κ2) is 11.6. The molecule has 3 aromatic rings. The number of benzene rings is 2. The first-order valence-electron chi connectivity index (χ1n) is 9.98. The fourth-order valence-corrected chi connectivity index (χ4v) is 4.48. The largest absolute Gasteiger partial charge is 0.356 e. The molecule has 0 aliphatic heterocycles. The first-order chi connectivity index (χ1) is 15.0. The number of thioether (sulfide) groups is 1. The molecule has 2 N–H and O–H groups in total. The number of anilines is 1. The molecular weight excluding hydrogens is 433 g/mol. The number of amides is 2. The highest BCUT2D eigenvalue weighted by molar-refractivity contribution is 7.99. The quantitative estimate of drug-likeness (QED) is 0.327. The Morgan fingerprint density at radius 1 is 1.13 bits per heavy atom. The van der Waals surface area contributed by atoms with Gasteiger partial charge >= 0.3 is 0 Å². The molecule has 1 heterocycles. The van der Waals surface area contributed by atoms with Crippen LogP contribution in [0.25, 0.3) is 11.3 Å². The summed E-state index contributed by atoms with van der Waals surface area (Å²) >= 11 is 2.70. The van der Waals surface area contributed by atoms with Gasteiger partial charge in [0.1, 0.15) is 5.82 Å². The van der Waals surface area contributed by atoms with Crippen LogP contribution in [-0.4, -0.2) is 29.1 Å². The van der Waals surface area contributed by atoms with E-state index < -0.39 is 0 Å². The molecule has 0 aliphatic carbocycles. The van der Waals surface area contributed by atoms with Crippen molar-refractivity contribution in [2.75, 3.05) is 17.6 Å². The number of hydrogen-bond acceptors (Lipinski definition) is 5. The van der Waals surface area contributed by atoms with Gasteiger partial charge in [0, 0.05) is 41.5 Å². The summed E-state index contributed by atoms with van der Waals surface area (Å²) in [5.74, 6) is 0.0788. The van der Waals surface area contributed by atoms with Crippen LogP contribution in [0, 0.1) is 5.82 Å². The molecule has 162 valence electrons. The van der Waals surface area contributed by atoms with E-state index in [1.165, 1.54) is 41.7 Å². The molecule has 0 unspecified atom stereocenters. The number of halogens is 1. The van der Waals surface area contributed by atoms with Gasteiger partial charge in [-0.2, -0.15) is 0 Å². The average Bonchev–Trinajstić information content (AvgIpc) is 3.21. The van der Waals surface area contributed by atoms with Gasteiger partial charge in [-0.1, -0.05) is 36.4 Å². The number of nitrogens with zero attached hydrogens (tertiary/aromatic N) is 1. The van der Waals surface area contributed by atoms with Crippen molar-refractivity contribution in [2.45, 2.75) is 31.1 Å². The maximum absolute atomic E-state index is 13.6. The van der Waals surface area contributed by atoms with Gasteiger partial charge < -0.3 is 10.6 Å². The van der Waals surface area contributed by atoms with Crippen LogP contribution in [0.4, 0.5) is 9.52 Å². The minimum atomic E-state index is -0.267. The van der Waals surface area contributed by atoms with Gasteiger partial charge in [-0.05, 0) is 30.5 Å². The smallest absolute Gasteiger partial charge is 0.226 e. The Hall–Kier alpha value is -2.71. The number of aryl methyl sites for hydroxylation is 1. The molecule has 1 aromatic heterocycles. The van der Waals surface area contributed by atoms with Crippen LogP contribution in [0.2, 0.25) is 0 Å². The van der Waals surface area contributed by atoms with E-state index in [0.717, 1.165) is 24.1 Å². The van der Waals surface area contributed by atoms with Crippen LogP contribution < -0.4 is 10.6 Å². The highest BCUT2D eigenvalue weighted by Gasteiger charge is 2.09. The zero-order valence-corrected chi connectivity index (χ0v) is 18.8. The molecule has 0 saturated carbocycles. The van der Waals surface area contributed by atoms with E-state index in [4.69, 9.17) is 0 Å². The molecule has 0 atom stereocenters. The predicted molar refractivity (Wildman–Crippen MR) is 125 cm³/mol. The summed E-state index contributed by atoms with van der Waals surface area (Å²) in [6.07, 6.45) is 2.06.